The molecule has 1 aliphatic heterocycles. The lowest BCUT2D eigenvalue weighted by molar-refractivity contribution is -0.274. The van der Waals surface area contributed by atoms with E-state index in [1.807, 2.05) is 0 Å². The maximum absolute atomic E-state index is 12.6. The number of hydrogen-bond donors (Lipinski definition) is 2. The van der Waals surface area contributed by atoms with Gasteiger partial charge in [-0.3, -0.25) is 0 Å². The van der Waals surface area contributed by atoms with Gasteiger partial charge in [0.25, 0.3) is 0 Å². The molecule has 0 amide bonds. The number of rotatable bonds is 4. The molecule has 10 heteroatoms. The average molecular weight is 316 g/mol. The molecule has 1 aromatic carbocycles. The second-order valence-electron chi connectivity index (χ2n) is 4.99. The smallest absolute Gasteiger partial charge is 0.487 e. The Morgan fingerprint density at radius 2 is 2.18 bits per heavy atom. The number of hydrogen-bond acceptors (Lipinski definition) is 6. The van der Waals surface area contributed by atoms with Gasteiger partial charge in [-0.2, -0.15) is 5.26 Å². The molecule has 0 unspecified atom stereocenters. The van der Waals surface area contributed by atoms with Gasteiger partial charge in [0.1, 0.15) is 12.1 Å². The van der Waals surface area contributed by atoms with Gasteiger partial charge in [0.2, 0.25) is 0 Å². The van der Waals surface area contributed by atoms with Crippen LogP contribution in [0, 0.1) is 11.3 Å². The molecule has 22 heavy (non-hydrogen) atoms. The van der Waals surface area contributed by atoms with Crippen LogP contribution in [0.4, 0.5) is 13.2 Å². The number of nitriles is 1. The molecule has 0 saturated carbocycles. The van der Waals surface area contributed by atoms with Crippen molar-refractivity contribution >= 4 is 12.6 Å². The first-order valence-corrected chi connectivity index (χ1v) is 6.17. The number of ether oxygens (including phenoxy) is 2. The van der Waals surface area contributed by atoms with Gasteiger partial charge in [0.15, 0.2) is 11.5 Å². The van der Waals surface area contributed by atoms with Crippen LogP contribution >= 0.6 is 0 Å². The van der Waals surface area contributed by atoms with Gasteiger partial charge in [-0.25, -0.2) is 0 Å². The fraction of sp³-hybridized carbons (Fsp3) is 0.417. The lowest BCUT2D eigenvalue weighted by atomic mass is 9.78. The molecule has 0 saturated heterocycles. The Balaban J connectivity index is 2.37. The van der Waals surface area contributed by atoms with Crippen LogP contribution in [0.1, 0.15) is 12.5 Å². The van der Waals surface area contributed by atoms with Gasteiger partial charge in [-0.15, -0.1) is 13.2 Å². The fourth-order valence-corrected chi connectivity index (χ4v) is 1.86. The van der Waals surface area contributed by atoms with E-state index < -0.39 is 24.8 Å². The highest BCUT2D eigenvalue weighted by Crippen LogP contribution is 2.34. The Hall–Kier alpha value is -1.96. The molecule has 0 bridgehead atoms. The summed E-state index contributed by atoms with van der Waals surface area (Å²) in [4.78, 5) is 0. The number of nitrogens with zero attached hydrogens (tertiary/aromatic N) is 1. The highest BCUT2D eigenvalue weighted by atomic mass is 19.4. The van der Waals surface area contributed by atoms with Gasteiger partial charge < -0.3 is 24.9 Å². The quantitative estimate of drug-likeness (QED) is 0.782. The number of benzene rings is 1. The van der Waals surface area contributed by atoms with E-state index in [1.165, 1.54) is 19.1 Å². The molecule has 0 radical (unpaired) electrons. The largest absolute Gasteiger partial charge is 0.573 e. The van der Waals surface area contributed by atoms with Crippen molar-refractivity contribution in [1.29, 1.82) is 5.26 Å². The van der Waals surface area contributed by atoms with E-state index in [9.17, 15) is 18.2 Å². The Labute approximate surface area is 124 Å². The molecule has 1 aromatic rings. The predicted octanol–water partition coefficient (Wildman–Crippen LogP) is 0.423. The van der Waals surface area contributed by atoms with Gasteiger partial charge in [-0.05, 0) is 18.6 Å². The van der Waals surface area contributed by atoms with Crippen molar-refractivity contribution in [2.24, 2.45) is 5.73 Å². The summed E-state index contributed by atoms with van der Waals surface area (Å²) < 4.78 is 51.7. The van der Waals surface area contributed by atoms with Crippen molar-refractivity contribution < 1.29 is 32.3 Å². The van der Waals surface area contributed by atoms with Gasteiger partial charge in [0.05, 0.1) is 12.7 Å². The summed E-state index contributed by atoms with van der Waals surface area (Å²) in [6.07, 6.45) is -4.98. The van der Waals surface area contributed by atoms with Crippen LogP contribution in [0.5, 0.6) is 11.5 Å². The SMILES string of the molecule is C[C@](N)(C#N)COc1ccc2c(c1OC(F)(F)F)B(O)OC2. The standard InChI is InChI=1S/C12H12BF3N2O4/c1-11(18,5-17)6-20-8-3-2-7-4-21-13(19)9(7)10(8)22-12(14,15)16/h2-3,19H,4,6,18H2,1H3/t11-/m0/s1. The molecule has 2 rings (SSSR count). The van der Waals surface area contributed by atoms with Crippen molar-refractivity contribution in [3.63, 3.8) is 0 Å². The summed E-state index contributed by atoms with van der Waals surface area (Å²) in [6, 6.07) is 4.45. The first-order chi connectivity index (χ1) is 10.1. The van der Waals surface area contributed by atoms with Gasteiger partial charge in [-0.1, -0.05) is 6.07 Å². The molecule has 1 aliphatic rings. The first kappa shape index (κ1) is 16.4. The Bertz CT molecular complexity index is 616. The monoisotopic (exact) mass is 316 g/mol. The maximum atomic E-state index is 12.6. The fourth-order valence-electron chi connectivity index (χ4n) is 1.86. The van der Waals surface area contributed by atoms with Crippen LogP contribution in [0.25, 0.3) is 0 Å². The van der Waals surface area contributed by atoms with Crippen molar-refractivity contribution in [2.75, 3.05) is 6.61 Å². The molecule has 0 aromatic heterocycles. The lowest BCUT2D eigenvalue weighted by Crippen LogP contribution is -2.41. The summed E-state index contributed by atoms with van der Waals surface area (Å²) >= 11 is 0. The topological polar surface area (TPSA) is 97.7 Å². The summed E-state index contributed by atoms with van der Waals surface area (Å²) in [5.74, 6) is -0.976. The average Bonchev–Trinajstić information content (AvgIpc) is 2.78. The summed E-state index contributed by atoms with van der Waals surface area (Å²) in [5.41, 5.74) is 4.38. The van der Waals surface area contributed by atoms with Crippen LogP contribution in [-0.2, 0) is 11.3 Å². The van der Waals surface area contributed by atoms with E-state index in [1.54, 1.807) is 6.07 Å². The zero-order valence-corrected chi connectivity index (χ0v) is 11.5. The minimum Gasteiger partial charge on any atom is -0.487 e. The maximum Gasteiger partial charge on any atom is 0.573 e. The Kier molecular flexibility index (Phi) is 4.24. The number of fused-ring (bicyclic) bond motifs is 1. The van der Waals surface area contributed by atoms with E-state index in [-0.39, 0.29) is 24.4 Å². The van der Waals surface area contributed by atoms with Crippen molar-refractivity contribution in [3.8, 4) is 17.6 Å². The highest BCUT2D eigenvalue weighted by Gasteiger charge is 2.40. The van der Waals surface area contributed by atoms with Crippen LogP contribution in [0.2, 0.25) is 0 Å². The predicted molar refractivity (Wildman–Crippen MR) is 69.2 cm³/mol. The summed E-state index contributed by atoms with van der Waals surface area (Å²) in [7, 11) is -1.55. The van der Waals surface area contributed by atoms with Crippen molar-refractivity contribution in [1.82, 2.24) is 0 Å². The summed E-state index contributed by atoms with van der Waals surface area (Å²) in [6.45, 7) is 0.966. The molecule has 6 nitrogen and oxygen atoms in total. The zero-order chi connectivity index (χ0) is 16.5. The van der Waals surface area contributed by atoms with E-state index in [0.29, 0.717) is 5.56 Å². The van der Waals surface area contributed by atoms with Crippen LogP contribution in [0.3, 0.4) is 0 Å². The van der Waals surface area contributed by atoms with Crippen molar-refractivity contribution in [2.45, 2.75) is 25.4 Å². The Morgan fingerprint density at radius 1 is 1.50 bits per heavy atom. The van der Waals surface area contributed by atoms with Gasteiger partial charge >= 0.3 is 13.5 Å². The van der Waals surface area contributed by atoms with Crippen LogP contribution < -0.4 is 20.7 Å². The van der Waals surface area contributed by atoms with Crippen molar-refractivity contribution in [3.05, 3.63) is 17.7 Å². The second-order valence-corrected chi connectivity index (χ2v) is 4.99. The molecule has 0 aliphatic carbocycles. The summed E-state index contributed by atoms with van der Waals surface area (Å²) in [5, 5.41) is 18.5. The number of halogens is 3. The van der Waals surface area contributed by atoms with Gasteiger partial charge in [0, 0.05) is 5.46 Å². The number of alkyl halides is 3. The van der Waals surface area contributed by atoms with E-state index in [2.05, 4.69) is 4.74 Å². The Morgan fingerprint density at radius 3 is 2.77 bits per heavy atom. The molecule has 0 spiro atoms. The van der Waals surface area contributed by atoms with Crippen LogP contribution in [0.15, 0.2) is 12.1 Å². The number of nitrogens with two attached hydrogens (primary N) is 1. The third kappa shape index (κ3) is 3.62. The zero-order valence-electron chi connectivity index (χ0n) is 11.5. The third-order valence-electron chi connectivity index (χ3n) is 2.89. The molecule has 3 N–H and O–H groups in total. The molecule has 1 atom stereocenters. The molecule has 118 valence electrons. The second kappa shape index (κ2) is 5.68. The molecule has 0 fully saturated rings. The first-order valence-electron chi connectivity index (χ1n) is 6.17. The van der Waals surface area contributed by atoms with E-state index >= 15 is 0 Å². The minimum absolute atomic E-state index is 0.0439. The highest BCUT2D eigenvalue weighted by molar-refractivity contribution is 6.62. The van der Waals surface area contributed by atoms with E-state index in [0.717, 1.165) is 0 Å². The van der Waals surface area contributed by atoms with Crippen LogP contribution in [-0.4, -0.2) is 30.7 Å². The lowest BCUT2D eigenvalue weighted by Gasteiger charge is -2.20. The molecular formula is C12H12BF3N2O4. The third-order valence-corrected chi connectivity index (χ3v) is 2.89. The normalized spacial score (nSPS) is 16.7. The molecule has 1 heterocycles. The minimum atomic E-state index is -4.98. The molecular weight excluding hydrogens is 304 g/mol. The van der Waals surface area contributed by atoms with E-state index in [4.69, 9.17) is 20.4 Å².